The lowest BCUT2D eigenvalue weighted by molar-refractivity contribution is 0.0690. The van der Waals surface area contributed by atoms with E-state index in [1.54, 1.807) is 4.90 Å². The normalized spacial score (nSPS) is 10.3. The van der Waals surface area contributed by atoms with E-state index in [2.05, 4.69) is 4.98 Å². The maximum absolute atomic E-state index is 12.8. The Hall–Kier alpha value is -2.89. The number of carbonyl (C=O) groups excluding carboxylic acids is 1. The third kappa shape index (κ3) is 3.71. The first-order valence-electron chi connectivity index (χ1n) is 7.70. The number of nitrogens with zero attached hydrogens (tertiary/aromatic N) is 2. The number of hydrogen-bond acceptors (Lipinski definition) is 4. The highest BCUT2D eigenvalue weighted by Crippen LogP contribution is 2.21. The van der Waals surface area contributed by atoms with Crippen LogP contribution in [0, 0.1) is 0 Å². The lowest BCUT2D eigenvalue weighted by atomic mass is 10.1. The zero-order chi connectivity index (χ0) is 17.7. The number of hydrogen-bond donors (Lipinski definition) is 1. The van der Waals surface area contributed by atoms with Gasteiger partial charge in [-0.1, -0.05) is 19.1 Å². The lowest BCUT2D eigenvalue weighted by Gasteiger charge is -2.21. The largest absolute Gasteiger partial charge is 0.497 e. The van der Waals surface area contributed by atoms with Gasteiger partial charge in [-0.05, 0) is 31.0 Å². The van der Waals surface area contributed by atoms with Crippen molar-refractivity contribution in [3.63, 3.8) is 0 Å². The van der Waals surface area contributed by atoms with Gasteiger partial charge < -0.3 is 14.7 Å². The molecule has 0 bridgehead atoms. The molecule has 1 N–H and O–H groups in total. The average Bonchev–Trinajstić information content (AvgIpc) is 2.61. The maximum atomic E-state index is 12.8. The zero-order valence-corrected chi connectivity index (χ0v) is 13.9. The van der Waals surface area contributed by atoms with Crippen molar-refractivity contribution in [3.05, 3.63) is 53.3 Å². The van der Waals surface area contributed by atoms with Crippen LogP contribution in [0.2, 0.25) is 0 Å². The predicted octanol–water partition coefficient (Wildman–Crippen LogP) is 3.02. The molecule has 24 heavy (non-hydrogen) atoms. The van der Waals surface area contributed by atoms with Crippen LogP contribution in [-0.4, -0.2) is 35.6 Å². The average molecular weight is 328 g/mol. The number of anilines is 1. The van der Waals surface area contributed by atoms with Crippen molar-refractivity contribution in [2.24, 2.45) is 0 Å². The number of rotatable bonds is 6. The summed E-state index contributed by atoms with van der Waals surface area (Å²) in [7, 11) is 1.41. The number of aryl methyl sites for hydroxylation is 1. The Balaban J connectivity index is 2.44. The molecule has 2 aromatic rings. The number of amides is 1. The standard InChI is InChI=1S/C18H20N2O4/c1-4-12-7-6-8-13(9-12)20(5-2)17(21)15-10-14(24-3)11-16(19-15)18(22)23/h6-11H,4-5H2,1-3H3,(H,22,23). The molecular formula is C18H20N2O4. The Labute approximate surface area is 140 Å². The summed E-state index contributed by atoms with van der Waals surface area (Å²) in [5.41, 5.74) is 1.68. The van der Waals surface area contributed by atoms with Crippen molar-refractivity contribution in [1.82, 2.24) is 4.98 Å². The predicted molar refractivity (Wildman–Crippen MR) is 90.9 cm³/mol. The van der Waals surface area contributed by atoms with E-state index in [4.69, 9.17) is 9.84 Å². The molecule has 0 saturated carbocycles. The van der Waals surface area contributed by atoms with Gasteiger partial charge in [-0.3, -0.25) is 4.79 Å². The second kappa shape index (κ2) is 7.59. The molecule has 0 atom stereocenters. The fourth-order valence-corrected chi connectivity index (χ4v) is 2.37. The first-order chi connectivity index (χ1) is 11.5. The minimum atomic E-state index is -1.21. The van der Waals surface area contributed by atoms with Crippen molar-refractivity contribution in [1.29, 1.82) is 0 Å². The van der Waals surface area contributed by atoms with E-state index in [1.165, 1.54) is 19.2 Å². The molecular weight excluding hydrogens is 308 g/mol. The Morgan fingerprint density at radius 3 is 2.46 bits per heavy atom. The van der Waals surface area contributed by atoms with Crippen LogP contribution in [0.1, 0.15) is 40.4 Å². The second-order valence-corrected chi connectivity index (χ2v) is 5.16. The molecule has 126 valence electrons. The van der Waals surface area contributed by atoms with Gasteiger partial charge >= 0.3 is 5.97 Å². The van der Waals surface area contributed by atoms with Crippen LogP contribution in [0.4, 0.5) is 5.69 Å². The number of methoxy groups -OCH3 is 1. The second-order valence-electron chi connectivity index (χ2n) is 5.16. The van der Waals surface area contributed by atoms with Crippen molar-refractivity contribution < 1.29 is 19.4 Å². The Kier molecular flexibility index (Phi) is 5.52. The number of carbonyl (C=O) groups is 2. The van der Waals surface area contributed by atoms with Gasteiger partial charge in [0.15, 0.2) is 5.69 Å². The Morgan fingerprint density at radius 2 is 1.88 bits per heavy atom. The number of aromatic carboxylic acids is 1. The van der Waals surface area contributed by atoms with Crippen LogP contribution >= 0.6 is 0 Å². The molecule has 1 amide bonds. The number of pyridine rings is 1. The van der Waals surface area contributed by atoms with Gasteiger partial charge in [0.25, 0.3) is 5.91 Å². The van der Waals surface area contributed by atoms with Crippen molar-refractivity contribution >= 4 is 17.6 Å². The van der Waals surface area contributed by atoms with Crippen molar-refractivity contribution in [2.45, 2.75) is 20.3 Å². The number of aromatic nitrogens is 1. The molecule has 0 aliphatic carbocycles. The van der Waals surface area contributed by atoms with E-state index in [1.807, 2.05) is 38.1 Å². The Morgan fingerprint density at radius 1 is 1.17 bits per heavy atom. The first kappa shape index (κ1) is 17.5. The monoisotopic (exact) mass is 328 g/mol. The molecule has 0 saturated heterocycles. The van der Waals surface area contributed by atoms with E-state index in [-0.39, 0.29) is 23.0 Å². The van der Waals surface area contributed by atoms with Gasteiger partial charge in [-0.15, -0.1) is 0 Å². The van der Waals surface area contributed by atoms with E-state index < -0.39 is 5.97 Å². The maximum Gasteiger partial charge on any atom is 0.354 e. The van der Waals surface area contributed by atoms with Crippen molar-refractivity contribution in [2.75, 3.05) is 18.6 Å². The molecule has 0 fully saturated rings. The first-order valence-corrected chi connectivity index (χ1v) is 7.70. The minimum absolute atomic E-state index is 0.0375. The molecule has 0 aliphatic rings. The summed E-state index contributed by atoms with van der Waals surface area (Å²) in [6.07, 6.45) is 0.861. The van der Waals surface area contributed by atoms with Gasteiger partial charge in [-0.25, -0.2) is 9.78 Å². The van der Waals surface area contributed by atoms with Crippen LogP contribution in [0.25, 0.3) is 0 Å². The smallest absolute Gasteiger partial charge is 0.354 e. The molecule has 0 spiro atoms. The van der Waals surface area contributed by atoms with Gasteiger partial charge in [0, 0.05) is 24.4 Å². The number of carboxylic acids is 1. The highest BCUT2D eigenvalue weighted by atomic mass is 16.5. The fourth-order valence-electron chi connectivity index (χ4n) is 2.37. The minimum Gasteiger partial charge on any atom is -0.497 e. The quantitative estimate of drug-likeness (QED) is 0.881. The molecule has 0 unspecified atom stereocenters. The molecule has 1 aromatic carbocycles. The molecule has 2 rings (SSSR count). The van der Waals surface area contributed by atoms with Crippen LogP contribution in [0.5, 0.6) is 5.75 Å². The number of ether oxygens (including phenoxy) is 1. The highest BCUT2D eigenvalue weighted by Gasteiger charge is 2.20. The molecule has 6 nitrogen and oxygen atoms in total. The molecule has 6 heteroatoms. The summed E-state index contributed by atoms with van der Waals surface area (Å²) in [6, 6.07) is 10.4. The molecule has 1 heterocycles. The van der Waals surface area contributed by atoms with E-state index in [0.29, 0.717) is 6.54 Å². The third-order valence-electron chi connectivity index (χ3n) is 3.66. The summed E-state index contributed by atoms with van der Waals surface area (Å²) in [6.45, 7) is 4.34. The van der Waals surface area contributed by atoms with Crippen molar-refractivity contribution in [3.8, 4) is 5.75 Å². The van der Waals surface area contributed by atoms with E-state index >= 15 is 0 Å². The fraction of sp³-hybridized carbons (Fsp3) is 0.278. The number of carboxylic acid groups (broad SMARTS) is 1. The van der Waals surface area contributed by atoms with Crippen LogP contribution in [0.15, 0.2) is 36.4 Å². The van der Waals surface area contributed by atoms with E-state index in [0.717, 1.165) is 17.7 Å². The number of benzene rings is 1. The topological polar surface area (TPSA) is 79.7 Å². The van der Waals surface area contributed by atoms with Crippen LogP contribution in [0.3, 0.4) is 0 Å². The van der Waals surface area contributed by atoms with Gasteiger partial charge in [0.2, 0.25) is 0 Å². The molecule has 1 aromatic heterocycles. The summed E-state index contributed by atoms with van der Waals surface area (Å²) in [5, 5.41) is 9.15. The summed E-state index contributed by atoms with van der Waals surface area (Å²) >= 11 is 0. The van der Waals surface area contributed by atoms with Gasteiger partial charge in [0.1, 0.15) is 11.4 Å². The van der Waals surface area contributed by atoms with Gasteiger partial charge in [0.05, 0.1) is 7.11 Å². The van der Waals surface area contributed by atoms with Crippen LogP contribution in [-0.2, 0) is 6.42 Å². The lowest BCUT2D eigenvalue weighted by Crippen LogP contribution is -2.31. The Bertz CT molecular complexity index is 758. The SMILES string of the molecule is CCc1cccc(N(CC)C(=O)c2cc(OC)cc(C(=O)O)n2)c1. The van der Waals surface area contributed by atoms with Gasteiger partial charge in [-0.2, -0.15) is 0 Å². The van der Waals surface area contributed by atoms with Crippen LogP contribution < -0.4 is 9.64 Å². The zero-order valence-electron chi connectivity index (χ0n) is 13.9. The molecule has 0 radical (unpaired) electrons. The summed E-state index contributed by atoms with van der Waals surface area (Å²) in [5.74, 6) is -1.30. The van der Waals surface area contributed by atoms with E-state index in [9.17, 15) is 9.59 Å². The highest BCUT2D eigenvalue weighted by molar-refractivity contribution is 6.05. The molecule has 0 aliphatic heterocycles. The third-order valence-corrected chi connectivity index (χ3v) is 3.66. The summed E-state index contributed by atoms with van der Waals surface area (Å²) in [4.78, 5) is 29.5. The summed E-state index contributed by atoms with van der Waals surface area (Å²) < 4.78 is 5.08.